The van der Waals surface area contributed by atoms with Gasteiger partial charge in [0.25, 0.3) is 0 Å². The Kier molecular flexibility index (Phi) is 6.37. The first-order valence-corrected chi connectivity index (χ1v) is 10.9. The fraction of sp³-hybridized carbons (Fsp3) is 0.120. The van der Waals surface area contributed by atoms with Crippen LogP contribution in [-0.2, 0) is 4.74 Å². The number of carbonyl (C=O) groups excluding carboxylic acids is 1. The number of fused-ring (bicyclic) bond motifs is 1. The predicted molar refractivity (Wildman–Crippen MR) is 129 cm³/mol. The molecule has 0 spiro atoms. The Bertz CT molecular complexity index is 1240. The van der Waals surface area contributed by atoms with E-state index in [1.807, 2.05) is 85.8 Å². The van der Waals surface area contributed by atoms with Crippen LogP contribution in [0.25, 0.3) is 10.1 Å². The van der Waals surface area contributed by atoms with Crippen molar-refractivity contribution in [2.45, 2.75) is 13.0 Å². The summed E-state index contributed by atoms with van der Waals surface area (Å²) in [5.74, 6) is 0.663. The average molecular weight is 446 g/mol. The zero-order valence-electron chi connectivity index (χ0n) is 17.5. The molecule has 4 N–H and O–H groups in total. The fourth-order valence-corrected chi connectivity index (χ4v) is 4.17. The van der Waals surface area contributed by atoms with Gasteiger partial charge in [-0.05, 0) is 42.8 Å². The highest BCUT2D eigenvalue weighted by Crippen LogP contribution is 2.35. The van der Waals surface area contributed by atoms with E-state index in [1.165, 1.54) is 11.3 Å². The maximum atomic E-state index is 12.4. The molecule has 162 valence electrons. The lowest BCUT2D eigenvalue weighted by molar-refractivity contribution is 0.0910. The number of amides is 1. The molecule has 0 saturated heterocycles. The van der Waals surface area contributed by atoms with Gasteiger partial charge in [0.1, 0.15) is 18.2 Å². The summed E-state index contributed by atoms with van der Waals surface area (Å²) in [4.78, 5) is 13.0. The van der Waals surface area contributed by atoms with Crippen LogP contribution >= 0.6 is 11.3 Å². The Morgan fingerprint density at radius 3 is 2.53 bits per heavy atom. The van der Waals surface area contributed by atoms with Gasteiger partial charge in [-0.25, -0.2) is 4.79 Å². The van der Waals surface area contributed by atoms with Crippen LogP contribution in [0.15, 0.2) is 78.9 Å². The normalized spacial score (nSPS) is 11.7. The van der Waals surface area contributed by atoms with E-state index in [9.17, 15) is 4.79 Å². The quantitative estimate of drug-likeness (QED) is 0.245. The van der Waals surface area contributed by atoms with Crippen LogP contribution in [0.4, 0.5) is 10.5 Å². The largest absolute Gasteiger partial charge is 0.481 e. The molecule has 1 heterocycles. The summed E-state index contributed by atoms with van der Waals surface area (Å²) in [6, 6.07) is 24.7. The number of ether oxygens (including phenoxy) is 2. The summed E-state index contributed by atoms with van der Waals surface area (Å²) in [6.07, 6.45) is -1.06. The fourth-order valence-electron chi connectivity index (χ4n) is 3.23. The lowest BCUT2D eigenvalue weighted by Crippen LogP contribution is -2.21. The second-order valence-electron chi connectivity index (χ2n) is 7.30. The maximum absolute atomic E-state index is 12.4. The highest BCUT2D eigenvalue weighted by Gasteiger charge is 2.19. The van der Waals surface area contributed by atoms with Gasteiger partial charge in [-0.3, -0.25) is 10.7 Å². The van der Waals surface area contributed by atoms with Crippen molar-refractivity contribution < 1.29 is 14.3 Å². The molecule has 1 aromatic heterocycles. The number of benzene rings is 3. The van der Waals surface area contributed by atoms with Crippen LogP contribution in [0.3, 0.4) is 0 Å². The molecule has 0 aliphatic heterocycles. The van der Waals surface area contributed by atoms with Crippen molar-refractivity contribution >= 4 is 39.0 Å². The first-order chi connectivity index (χ1) is 15.5. The van der Waals surface area contributed by atoms with Crippen molar-refractivity contribution in [3.8, 4) is 5.75 Å². The summed E-state index contributed by atoms with van der Waals surface area (Å²) in [5.41, 5.74) is 8.32. The van der Waals surface area contributed by atoms with E-state index in [1.54, 1.807) is 0 Å². The summed E-state index contributed by atoms with van der Waals surface area (Å²) in [6.45, 7) is 2.01. The molecule has 0 bridgehead atoms. The van der Waals surface area contributed by atoms with Crippen LogP contribution in [0.2, 0.25) is 0 Å². The van der Waals surface area contributed by atoms with Gasteiger partial charge in [0.05, 0.1) is 4.88 Å². The van der Waals surface area contributed by atoms with Gasteiger partial charge in [0.15, 0.2) is 6.10 Å². The van der Waals surface area contributed by atoms with E-state index in [0.717, 1.165) is 21.2 Å². The van der Waals surface area contributed by atoms with Crippen molar-refractivity contribution in [1.29, 1.82) is 5.41 Å². The number of anilines is 1. The van der Waals surface area contributed by atoms with E-state index in [-0.39, 0.29) is 12.4 Å². The minimum atomic E-state index is -0.550. The van der Waals surface area contributed by atoms with Gasteiger partial charge in [-0.1, -0.05) is 54.1 Å². The van der Waals surface area contributed by atoms with Gasteiger partial charge in [-0.15, -0.1) is 11.3 Å². The third-order valence-corrected chi connectivity index (χ3v) is 6.02. The van der Waals surface area contributed by atoms with Crippen LogP contribution in [0.5, 0.6) is 5.75 Å². The molecule has 1 atom stereocenters. The number of nitrogen functional groups attached to an aromatic ring is 1. The molecule has 1 unspecified atom stereocenters. The average Bonchev–Trinajstić information content (AvgIpc) is 3.24. The van der Waals surface area contributed by atoms with Crippen molar-refractivity contribution in [1.82, 2.24) is 0 Å². The van der Waals surface area contributed by atoms with E-state index < -0.39 is 12.2 Å². The summed E-state index contributed by atoms with van der Waals surface area (Å²) >= 11 is 1.44. The number of nitrogens with two attached hydrogens (primary N) is 1. The van der Waals surface area contributed by atoms with Gasteiger partial charge in [0, 0.05) is 15.8 Å². The highest BCUT2D eigenvalue weighted by atomic mass is 32.1. The molecule has 4 rings (SSSR count). The second kappa shape index (κ2) is 9.53. The summed E-state index contributed by atoms with van der Waals surface area (Å²) < 4.78 is 12.8. The number of nitrogens with one attached hydrogen (secondary N) is 2. The number of aryl methyl sites for hydroxylation is 1. The zero-order chi connectivity index (χ0) is 22.5. The molecule has 0 aliphatic carbocycles. The van der Waals surface area contributed by atoms with Gasteiger partial charge >= 0.3 is 6.09 Å². The maximum Gasteiger partial charge on any atom is 0.411 e. The highest BCUT2D eigenvalue weighted by molar-refractivity contribution is 7.20. The Hall–Kier alpha value is -3.84. The molecule has 6 nitrogen and oxygen atoms in total. The summed E-state index contributed by atoms with van der Waals surface area (Å²) in [5, 5.41) is 11.3. The van der Waals surface area contributed by atoms with Crippen LogP contribution in [0.1, 0.15) is 22.1 Å². The molecule has 32 heavy (non-hydrogen) atoms. The van der Waals surface area contributed by atoms with Crippen LogP contribution < -0.4 is 15.8 Å². The monoisotopic (exact) mass is 445 g/mol. The first kappa shape index (κ1) is 21.4. The van der Waals surface area contributed by atoms with E-state index in [0.29, 0.717) is 16.3 Å². The SMILES string of the molecule is Cc1ccc(NC(=O)OCC(Oc2cccc3sc(C(=N)N)cc23)c2ccccc2)cc1. The van der Waals surface area contributed by atoms with Crippen molar-refractivity contribution in [2.24, 2.45) is 5.73 Å². The standard InChI is InChI=1S/C25H23N3O3S/c1-16-10-12-18(13-11-16)28-25(29)30-15-21(17-6-3-2-4-7-17)31-20-8-5-9-22-19(20)14-23(32-22)24(26)27/h2-14,21H,15H2,1H3,(H3,26,27)(H,28,29). The molecular formula is C25H23N3O3S. The Balaban J connectivity index is 1.53. The topological polar surface area (TPSA) is 97.4 Å². The Labute approximate surface area is 190 Å². The molecule has 0 saturated carbocycles. The lowest BCUT2D eigenvalue weighted by atomic mass is 10.1. The van der Waals surface area contributed by atoms with Gasteiger partial charge < -0.3 is 15.2 Å². The van der Waals surface area contributed by atoms with Crippen LogP contribution in [-0.4, -0.2) is 18.5 Å². The van der Waals surface area contributed by atoms with E-state index in [4.69, 9.17) is 20.6 Å². The number of carbonyl (C=O) groups is 1. The molecule has 7 heteroatoms. The minimum Gasteiger partial charge on any atom is -0.481 e. The predicted octanol–water partition coefficient (Wildman–Crippen LogP) is 5.86. The molecule has 3 aromatic carbocycles. The number of thiophene rings is 1. The molecule has 1 amide bonds. The smallest absolute Gasteiger partial charge is 0.411 e. The Morgan fingerprint density at radius 2 is 1.81 bits per heavy atom. The third kappa shape index (κ3) is 5.07. The number of amidine groups is 1. The van der Waals surface area contributed by atoms with E-state index in [2.05, 4.69) is 5.32 Å². The molecule has 4 aromatic rings. The van der Waals surface area contributed by atoms with Crippen LogP contribution in [0, 0.1) is 12.3 Å². The molecule has 0 radical (unpaired) electrons. The van der Waals surface area contributed by atoms with Gasteiger partial charge in [-0.2, -0.15) is 0 Å². The van der Waals surface area contributed by atoms with Gasteiger partial charge in [0.2, 0.25) is 0 Å². The molecule has 0 fully saturated rings. The van der Waals surface area contributed by atoms with Crippen molar-refractivity contribution in [3.63, 3.8) is 0 Å². The zero-order valence-corrected chi connectivity index (χ0v) is 18.3. The number of rotatable bonds is 7. The Morgan fingerprint density at radius 1 is 1.06 bits per heavy atom. The lowest BCUT2D eigenvalue weighted by Gasteiger charge is -2.20. The third-order valence-electron chi connectivity index (χ3n) is 4.89. The molecule has 0 aliphatic rings. The first-order valence-electron chi connectivity index (χ1n) is 10.1. The summed E-state index contributed by atoms with van der Waals surface area (Å²) in [7, 11) is 0. The number of hydrogen-bond donors (Lipinski definition) is 3. The van der Waals surface area contributed by atoms with E-state index >= 15 is 0 Å². The second-order valence-corrected chi connectivity index (χ2v) is 8.38. The number of hydrogen-bond acceptors (Lipinski definition) is 5. The molecular weight excluding hydrogens is 422 g/mol. The minimum absolute atomic E-state index is 0.0212. The van der Waals surface area contributed by atoms with Crippen molar-refractivity contribution in [2.75, 3.05) is 11.9 Å². The van der Waals surface area contributed by atoms with Crippen molar-refractivity contribution in [3.05, 3.63) is 94.9 Å².